The molecule has 2 rings (SSSR count). The second-order valence-corrected chi connectivity index (χ2v) is 5.77. The monoisotopic (exact) mass is 286 g/mol. The van der Waals surface area contributed by atoms with Crippen LogP contribution in [0.2, 0.25) is 10.0 Å². The summed E-state index contributed by atoms with van der Waals surface area (Å²) >= 11 is 12.1. The third-order valence-corrected chi connectivity index (χ3v) is 4.12. The standard InChI is InChI=1S/C14H20Cl2N2/c1-2-18(9-11-5-6-17-8-11)10-12-3-4-13(15)7-14(12)16/h3-4,7,11,17H,2,5-6,8-10H2,1H3/t11-/m0/s1. The molecule has 100 valence electrons. The Bertz CT molecular complexity index is 389. The molecule has 1 heterocycles. The van der Waals surface area contributed by atoms with Gasteiger partial charge in [0, 0.05) is 23.1 Å². The molecule has 1 atom stereocenters. The summed E-state index contributed by atoms with van der Waals surface area (Å²) in [6.07, 6.45) is 1.28. The maximum Gasteiger partial charge on any atom is 0.0465 e. The molecule has 0 spiro atoms. The van der Waals surface area contributed by atoms with E-state index in [1.54, 1.807) is 0 Å². The molecule has 0 aromatic heterocycles. The molecule has 1 N–H and O–H groups in total. The van der Waals surface area contributed by atoms with Crippen LogP contribution in [0.15, 0.2) is 18.2 Å². The van der Waals surface area contributed by atoms with Crippen molar-refractivity contribution in [2.75, 3.05) is 26.2 Å². The average molecular weight is 287 g/mol. The van der Waals surface area contributed by atoms with Crippen molar-refractivity contribution in [1.82, 2.24) is 10.2 Å². The van der Waals surface area contributed by atoms with Crippen molar-refractivity contribution in [3.63, 3.8) is 0 Å². The molecule has 1 saturated heterocycles. The van der Waals surface area contributed by atoms with Gasteiger partial charge < -0.3 is 5.32 Å². The van der Waals surface area contributed by atoms with Crippen LogP contribution < -0.4 is 5.32 Å². The molecule has 1 aliphatic rings. The van der Waals surface area contributed by atoms with E-state index in [1.165, 1.54) is 6.42 Å². The van der Waals surface area contributed by atoms with E-state index in [2.05, 4.69) is 17.1 Å². The fourth-order valence-corrected chi connectivity index (χ4v) is 2.90. The van der Waals surface area contributed by atoms with E-state index in [-0.39, 0.29) is 0 Å². The number of halogens is 2. The van der Waals surface area contributed by atoms with E-state index < -0.39 is 0 Å². The summed E-state index contributed by atoms with van der Waals surface area (Å²) in [4.78, 5) is 2.45. The van der Waals surface area contributed by atoms with Crippen LogP contribution in [-0.2, 0) is 6.54 Å². The first kappa shape index (κ1) is 14.1. The van der Waals surface area contributed by atoms with E-state index in [0.29, 0.717) is 5.02 Å². The summed E-state index contributed by atoms with van der Waals surface area (Å²) in [7, 11) is 0. The molecule has 1 aromatic rings. The molecule has 0 aliphatic carbocycles. The van der Waals surface area contributed by atoms with Crippen LogP contribution >= 0.6 is 23.2 Å². The van der Waals surface area contributed by atoms with Crippen molar-refractivity contribution in [2.24, 2.45) is 5.92 Å². The van der Waals surface area contributed by atoms with E-state index in [9.17, 15) is 0 Å². The van der Waals surface area contributed by atoms with Crippen molar-refractivity contribution >= 4 is 23.2 Å². The zero-order chi connectivity index (χ0) is 13.0. The number of nitrogens with zero attached hydrogens (tertiary/aromatic N) is 1. The molecule has 1 aromatic carbocycles. The van der Waals surface area contributed by atoms with E-state index in [1.807, 2.05) is 18.2 Å². The first-order valence-electron chi connectivity index (χ1n) is 6.56. The van der Waals surface area contributed by atoms with Gasteiger partial charge in [-0.3, -0.25) is 4.90 Å². The molecule has 2 nitrogen and oxygen atoms in total. The Morgan fingerprint density at radius 3 is 2.83 bits per heavy atom. The highest BCUT2D eigenvalue weighted by Gasteiger charge is 2.18. The highest BCUT2D eigenvalue weighted by Crippen LogP contribution is 2.23. The van der Waals surface area contributed by atoms with Crippen molar-refractivity contribution in [3.05, 3.63) is 33.8 Å². The lowest BCUT2D eigenvalue weighted by Gasteiger charge is -2.24. The average Bonchev–Trinajstić information content (AvgIpc) is 2.84. The number of rotatable bonds is 5. The van der Waals surface area contributed by atoms with Crippen LogP contribution in [0.4, 0.5) is 0 Å². The molecule has 0 amide bonds. The maximum absolute atomic E-state index is 6.22. The van der Waals surface area contributed by atoms with Gasteiger partial charge >= 0.3 is 0 Å². The van der Waals surface area contributed by atoms with Crippen molar-refractivity contribution in [2.45, 2.75) is 19.9 Å². The smallest absolute Gasteiger partial charge is 0.0465 e. The quantitative estimate of drug-likeness (QED) is 0.892. The Balaban J connectivity index is 1.96. The third-order valence-electron chi connectivity index (χ3n) is 3.54. The van der Waals surface area contributed by atoms with Gasteiger partial charge in [-0.25, -0.2) is 0 Å². The first-order valence-corrected chi connectivity index (χ1v) is 7.31. The molecule has 0 bridgehead atoms. The van der Waals surface area contributed by atoms with Crippen LogP contribution in [0.25, 0.3) is 0 Å². The SMILES string of the molecule is CCN(Cc1ccc(Cl)cc1Cl)C[C@H]1CCNC1. The van der Waals surface area contributed by atoms with Crippen LogP contribution in [-0.4, -0.2) is 31.1 Å². The topological polar surface area (TPSA) is 15.3 Å². The summed E-state index contributed by atoms with van der Waals surface area (Å²) in [5.74, 6) is 0.774. The zero-order valence-corrected chi connectivity index (χ0v) is 12.3. The lowest BCUT2D eigenvalue weighted by Crippen LogP contribution is -2.30. The molecular weight excluding hydrogens is 267 g/mol. The largest absolute Gasteiger partial charge is 0.316 e. The van der Waals surface area contributed by atoms with E-state index >= 15 is 0 Å². The molecule has 4 heteroatoms. The highest BCUT2D eigenvalue weighted by atomic mass is 35.5. The van der Waals surface area contributed by atoms with E-state index in [4.69, 9.17) is 23.2 Å². The number of hydrogen-bond acceptors (Lipinski definition) is 2. The lowest BCUT2D eigenvalue weighted by atomic mass is 10.1. The minimum absolute atomic E-state index is 0.701. The molecule has 18 heavy (non-hydrogen) atoms. The molecule has 1 fully saturated rings. The Labute approximate surface area is 119 Å². The Morgan fingerprint density at radius 1 is 1.39 bits per heavy atom. The molecule has 0 radical (unpaired) electrons. The predicted octanol–water partition coefficient (Wildman–Crippen LogP) is 3.42. The van der Waals surface area contributed by atoms with Crippen LogP contribution in [0.3, 0.4) is 0 Å². The van der Waals surface area contributed by atoms with Gasteiger partial charge in [-0.1, -0.05) is 36.2 Å². The van der Waals surface area contributed by atoms with Gasteiger partial charge in [-0.05, 0) is 49.7 Å². The summed E-state index contributed by atoms with van der Waals surface area (Å²) in [6, 6.07) is 5.76. The van der Waals surface area contributed by atoms with Crippen molar-refractivity contribution < 1.29 is 0 Å². The van der Waals surface area contributed by atoms with Gasteiger partial charge in [0.25, 0.3) is 0 Å². The van der Waals surface area contributed by atoms with Crippen LogP contribution in [0, 0.1) is 5.92 Å². The predicted molar refractivity (Wildman–Crippen MR) is 78.4 cm³/mol. The van der Waals surface area contributed by atoms with Gasteiger partial charge in [0.2, 0.25) is 0 Å². The Kier molecular flexibility index (Phi) is 5.31. The van der Waals surface area contributed by atoms with E-state index in [0.717, 1.165) is 49.2 Å². The third kappa shape index (κ3) is 3.86. The molecule has 0 unspecified atom stereocenters. The van der Waals surface area contributed by atoms with Gasteiger partial charge in [-0.15, -0.1) is 0 Å². The number of nitrogens with one attached hydrogen (secondary N) is 1. The highest BCUT2D eigenvalue weighted by molar-refractivity contribution is 6.35. The van der Waals surface area contributed by atoms with Crippen LogP contribution in [0.5, 0.6) is 0 Å². The molecule has 1 aliphatic heterocycles. The second-order valence-electron chi connectivity index (χ2n) is 4.92. The fourth-order valence-electron chi connectivity index (χ4n) is 2.43. The van der Waals surface area contributed by atoms with Gasteiger partial charge in [0.1, 0.15) is 0 Å². The minimum Gasteiger partial charge on any atom is -0.316 e. The van der Waals surface area contributed by atoms with Crippen molar-refractivity contribution in [3.8, 4) is 0 Å². The number of benzene rings is 1. The van der Waals surface area contributed by atoms with Crippen LogP contribution in [0.1, 0.15) is 18.9 Å². The first-order chi connectivity index (χ1) is 8.69. The fraction of sp³-hybridized carbons (Fsp3) is 0.571. The Hall–Kier alpha value is -0.280. The minimum atomic E-state index is 0.701. The van der Waals surface area contributed by atoms with Gasteiger partial charge in [0.15, 0.2) is 0 Å². The summed E-state index contributed by atoms with van der Waals surface area (Å²) in [5, 5.41) is 4.88. The molecule has 0 saturated carbocycles. The van der Waals surface area contributed by atoms with Gasteiger partial charge in [-0.2, -0.15) is 0 Å². The normalized spacial score (nSPS) is 19.7. The zero-order valence-electron chi connectivity index (χ0n) is 10.8. The van der Waals surface area contributed by atoms with Gasteiger partial charge in [0.05, 0.1) is 0 Å². The maximum atomic E-state index is 6.22. The van der Waals surface area contributed by atoms with Crippen molar-refractivity contribution in [1.29, 1.82) is 0 Å². The summed E-state index contributed by atoms with van der Waals surface area (Å²) in [6.45, 7) is 7.60. The lowest BCUT2D eigenvalue weighted by molar-refractivity contribution is 0.240. The Morgan fingerprint density at radius 2 is 2.22 bits per heavy atom. The summed E-state index contributed by atoms with van der Waals surface area (Å²) in [5.41, 5.74) is 1.16. The molecular formula is C14H20Cl2N2. The number of hydrogen-bond donors (Lipinski definition) is 1. The summed E-state index contributed by atoms with van der Waals surface area (Å²) < 4.78 is 0. The second kappa shape index (κ2) is 6.76.